The number of urea groups is 1. The summed E-state index contributed by atoms with van der Waals surface area (Å²) in [5, 5.41) is 13.7. The van der Waals surface area contributed by atoms with Crippen LogP contribution in [0, 0.1) is 11.3 Å². The van der Waals surface area contributed by atoms with E-state index < -0.39 is 0 Å². The summed E-state index contributed by atoms with van der Waals surface area (Å²) in [6.07, 6.45) is 3.64. The fraction of sp³-hybridized carbons (Fsp3) is 0.182. The van der Waals surface area contributed by atoms with Gasteiger partial charge in [-0.3, -0.25) is 5.32 Å². The van der Waals surface area contributed by atoms with E-state index in [1.54, 1.807) is 23.2 Å². The number of nitrogens with zero attached hydrogens (tertiary/aromatic N) is 4. The average Bonchev–Trinajstić information content (AvgIpc) is 3.43. The topological polar surface area (TPSA) is 107 Å². The van der Waals surface area contributed by atoms with E-state index in [-0.39, 0.29) is 6.03 Å². The molecule has 4 aromatic rings. The maximum absolute atomic E-state index is 12.7. The predicted octanol–water partition coefficient (Wildman–Crippen LogP) is 4.09. The summed E-state index contributed by atoms with van der Waals surface area (Å²) in [6.45, 7) is 2.17. The molecule has 0 radical (unpaired) electrons. The van der Waals surface area contributed by atoms with Gasteiger partial charge in [-0.2, -0.15) is 5.26 Å². The van der Waals surface area contributed by atoms with Crippen molar-refractivity contribution >= 4 is 33.5 Å². The van der Waals surface area contributed by atoms with Crippen LogP contribution < -0.4 is 5.32 Å². The number of anilines is 1. The van der Waals surface area contributed by atoms with Gasteiger partial charge in [0.05, 0.1) is 35.4 Å². The number of rotatable bonds is 3. The highest BCUT2D eigenvalue weighted by atomic mass is 32.1. The van der Waals surface area contributed by atoms with E-state index in [0.29, 0.717) is 42.7 Å². The molecule has 0 unspecified atom stereocenters. The average molecular weight is 430 g/mol. The molecule has 1 fully saturated rings. The first-order valence-electron chi connectivity index (χ1n) is 9.80. The number of carbonyl (C=O) groups is 1. The van der Waals surface area contributed by atoms with E-state index >= 15 is 0 Å². The number of nitriles is 1. The molecule has 154 valence electrons. The fourth-order valence-electron chi connectivity index (χ4n) is 3.57. The van der Waals surface area contributed by atoms with Gasteiger partial charge in [0.2, 0.25) is 0 Å². The Bertz CT molecular complexity index is 1300. The molecular weight excluding hydrogens is 412 g/mol. The molecule has 2 amide bonds. The Hall–Kier alpha value is -3.74. The molecule has 5 rings (SSSR count). The molecule has 0 saturated carbocycles. The van der Waals surface area contributed by atoms with Gasteiger partial charge in [0.25, 0.3) is 0 Å². The van der Waals surface area contributed by atoms with Gasteiger partial charge in [-0.15, -0.1) is 0 Å². The second-order valence-electron chi connectivity index (χ2n) is 7.02. The number of amides is 2. The van der Waals surface area contributed by atoms with Crippen molar-refractivity contribution in [2.75, 3.05) is 31.6 Å². The number of thiazole rings is 1. The Morgan fingerprint density at radius 3 is 2.97 bits per heavy atom. The quantitative estimate of drug-likeness (QED) is 0.509. The molecule has 31 heavy (non-hydrogen) atoms. The molecule has 4 heterocycles. The number of carbonyl (C=O) groups excluding carboxylic acids is 1. The van der Waals surface area contributed by atoms with Crippen LogP contribution in [-0.2, 0) is 4.74 Å². The summed E-state index contributed by atoms with van der Waals surface area (Å²) in [5.41, 5.74) is 3.81. The number of aromatic amines is 1. The third kappa shape index (κ3) is 3.74. The molecule has 0 spiro atoms. The molecule has 0 atom stereocenters. The molecule has 8 nitrogen and oxygen atoms in total. The van der Waals surface area contributed by atoms with Crippen LogP contribution in [0.25, 0.3) is 32.7 Å². The number of aromatic nitrogens is 3. The molecule has 2 N–H and O–H groups in total. The zero-order valence-electron chi connectivity index (χ0n) is 16.5. The van der Waals surface area contributed by atoms with Crippen LogP contribution in [0.3, 0.4) is 0 Å². The van der Waals surface area contributed by atoms with E-state index in [1.807, 2.05) is 30.5 Å². The Kier molecular flexibility index (Phi) is 5.08. The van der Waals surface area contributed by atoms with Gasteiger partial charge in [0.15, 0.2) is 5.13 Å². The lowest BCUT2D eigenvalue weighted by atomic mass is 10.0. The van der Waals surface area contributed by atoms with Crippen LogP contribution in [-0.4, -0.2) is 52.2 Å². The van der Waals surface area contributed by atoms with Crippen LogP contribution in [0.5, 0.6) is 0 Å². The Morgan fingerprint density at radius 2 is 2.13 bits per heavy atom. The second-order valence-corrected chi connectivity index (χ2v) is 8.02. The van der Waals surface area contributed by atoms with Crippen molar-refractivity contribution in [3.63, 3.8) is 0 Å². The maximum Gasteiger partial charge on any atom is 0.323 e. The second kappa shape index (κ2) is 8.18. The number of ether oxygens (including phenoxy) is 1. The van der Waals surface area contributed by atoms with Gasteiger partial charge in [-0.05, 0) is 24.3 Å². The van der Waals surface area contributed by atoms with Crippen LogP contribution in [0.15, 0.2) is 48.8 Å². The molecular formula is C22H18N6O2S. The number of fused-ring (bicyclic) bond motifs is 1. The normalized spacial score (nSPS) is 13.8. The molecule has 9 heteroatoms. The summed E-state index contributed by atoms with van der Waals surface area (Å²) in [6, 6.07) is 13.2. The number of nitrogens with one attached hydrogen (secondary N) is 2. The van der Waals surface area contributed by atoms with E-state index in [2.05, 4.69) is 21.4 Å². The number of hydrogen-bond donors (Lipinski definition) is 2. The lowest BCUT2D eigenvalue weighted by Crippen LogP contribution is -2.43. The summed E-state index contributed by atoms with van der Waals surface area (Å²) >= 11 is 1.40. The Labute approximate surface area is 182 Å². The van der Waals surface area contributed by atoms with E-state index in [9.17, 15) is 10.1 Å². The number of H-pyrrole nitrogens is 1. The van der Waals surface area contributed by atoms with Gasteiger partial charge < -0.3 is 14.6 Å². The Balaban J connectivity index is 1.58. The standard InChI is InChI=1S/C22H18N6O2S/c23-12-14-3-1-4-15(11-14)18-19(17-13-25-20-16(17)5-2-6-24-20)31-21(26-18)27-22(29)28-7-9-30-10-8-28/h1-6,11,13H,7-10H2,(H,24,25)(H,26,27,29). The first-order valence-corrected chi connectivity index (χ1v) is 10.6. The molecule has 3 aromatic heterocycles. The molecule has 0 aliphatic carbocycles. The van der Waals surface area contributed by atoms with Crippen molar-refractivity contribution in [3.8, 4) is 27.8 Å². The molecule has 0 bridgehead atoms. The minimum absolute atomic E-state index is 0.193. The van der Waals surface area contributed by atoms with Gasteiger partial charge in [-0.25, -0.2) is 14.8 Å². The zero-order chi connectivity index (χ0) is 21.2. The first-order chi connectivity index (χ1) is 15.2. The monoisotopic (exact) mass is 430 g/mol. The van der Waals surface area contributed by atoms with Crippen LogP contribution in [0.1, 0.15) is 5.56 Å². The highest BCUT2D eigenvalue weighted by molar-refractivity contribution is 7.19. The number of pyridine rings is 1. The molecule has 1 aromatic carbocycles. The maximum atomic E-state index is 12.7. The summed E-state index contributed by atoms with van der Waals surface area (Å²) in [4.78, 5) is 27.6. The van der Waals surface area contributed by atoms with Crippen molar-refractivity contribution < 1.29 is 9.53 Å². The SMILES string of the molecule is N#Cc1cccc(-c2nc(NC(=O)N3CCOCC3)sc2-c2c[nH]c3ncccc23)c1. The Morgan fingerprint density at radius 1 is 1.26 bits per heavy atom. The van der Waals surface area contributed by atoms with Crippen molar-refractivity contribution in [2.45, 2.75) is 0 Å². The fourth-order valence-corrected chi connectivity index (χ4v) is 4.58. The smallest absolute Gasteiger partial charge is 0.323 e. The van der Waals surface area contributed by atoms with Crippen LogP contribution in [0.2, 0.25) is 0 Å². The van der Waals surface area contributed by atoms with Crippen molar-refractivity contribution in [3.05, 3.63) is 54.4 Å². The zero-order valence-corrected chi connectivity index (χ0v) is 17.3. The van der Waals surface area contributed by atoms with Crippen molar-refractivity contribution in [1.82, 2.24) is 19.9 Å². The lowest BCUT2D eigenvalue weighted by molar-refractivity contribution is 0.0564. The minimum atomic E-state index is -0.193. The van der Waals surface area contributed by atoms with Gasteiger partial charge >= 0.3 is 6.03 Å². The summed E-state index contributed by atoms with van der Waals surface area (Å²) in [7, 11) is 0. The van der Waals surface area contributed by atoms with Gasteiger partial charge in [0.1, 0.15) is 5.65 Å². The molecule has 1 saturated heterocycles. The number of hydrogen-bond acceptors (Lipinski definition) is 6. The van der Waals surface area contributed by atoms with Crippen LogP contribution >= 0.6 is 11.3 Å². The largest absolute Gasteiger partial charge is 0.378 e. The molecule has 1 aliphatic rings. The van der Waals surface area contributed by atoms with E-state index in [0.717, 1.165) is 27.0 Å². The van der Waals surface area contributed by atoms with E-state index in [1.165, 1.54) is 11.3 Å². The third-order valence-electron chi connectivity index (χ3n) is 5.10. The lowest BCUT2D eigenvalue weighted by Gasteiger charge is -2.26. The minimum Gasteiger partial charge on any atom is -0.378 e. The summed E-state index contributed by atoms with van der Waals surface area (Å²) < 4.78 is 5.32. The van der Waals surface area contributed by atoms with Crippen molar-refractivity contribution in [1.29, 1.82) is 5.26 Å². The predicted molar refractivity (Wildman–Crippen MR) is 119 cm³/mol. The third-order valence-corrected chi connectivity index (χ3v) is 6.10. The van der Waals surface area contributed by atoms with Crippen LogP contribution in [0.4, 0.5) is 9.93 Å². The highest BCUT2D eigenvalue weighted by Gasteiger charge is 2.22. The number of morpholine rings is 1. The highest BCUT2D eigenvalue weighted by Crippen LogP contribution is 2.41. The van der Waals surface area contributed by atoms with Gasteiger partial charge in [-0.1, -0.05) is 23.5 Å². The summed E-state index contributed by atoms with van der Waals surface area (Å²) in [5.74, 6) is 0. The van der Waals surface area contributed by atoms with Gasteiger partial charge in [0, 0.05) is 42.0 Å². The van der Waals surface area contributed by atoms with Crippen molar-refractivity contribution in [2.24, 2.45) is 0 Å². The number of benzene rings is 1. The first kappa shape index (κ1) is 19.2. The van der Waals surface area contributed by atoms with E-state index in [4.69, 9.17) is 9.72 Å². The molecule has 1 aliphatic heterocycles.